The summed E-state index contributed by atoms with van der Waals surface area (Å²) in [5.74, 6) is -1.30. The summed E-state index contributed by atoms with van der Waals surface area (Å²) < 4.78 is 10.4. The minimum Gasteiger partial charge on any atom is -0.482 e. The Hall–Kier alpha value is -1.50. The molecule has 120 valence electrons. The van der Waals surface area contributed by atoms with Crippen LogP contribution in [-0.2, 0) is 14.3 Å². The molecule has 0 aromatic heterocycles. The summed E-state index contributed by atoms with van der Waals surface area (Å²) in [5, 5.41) is 12.6. The lowest BCUT2D eigenvalue weighted by atomic mass is 9.90. The summed E-state index contributed by atoms with van der Waals surface area (Å²) in [4.78, 5) is 23.4. The van der Waals surface area contributed by atoms with Crippen LogP contribution in [0, 0.1) is 0 Å². The number of rotatable bonds is 5. The zero-order valence-corrected chi connectivity index (χ0v) is 13.1. The molecule has 0 spiro atoms. The second-order valence-electron chi connectivity index (χ2n) is 4.91. The van der Waals surface area contributed by atoms with E-state index in [1.807, 2.05) is 0 Å². The van der Waals surface area contributed by atoms with Crippen molar-refractivity contribution in [2.75, 3.05) is 19.8 Å². The molecule has 0 aliphatic carbocycles. The maximum atomic E-state index is 12.0. The van der Waals surface area contributed by atoms with Gasteiger partial charge in [0, 0.05) is 31.1 Å². The van der Waals surface area contributed by atoms with Gasteiger partial charge in [-0.1, -0.05) is 23.2 Å². The van der Waals surface area contributed by atoms with Gasteiger partial charge in [-0.15, -0.1) is 0 Å². The summed E-state index contributed by atoms with van der Waals surface area (Å²) in [7, 11) is 0. The van der Waals surface area contributed by atoms with Gasteiger partial charge >= 0.3 is 5.97 Å². The van der Waals surface area contributed by atoms with Crippen LogP contribution >= 0.6 is 23.2 Å². The molecule has 1 aromatic carbocycles. The number of aliphatic carboxylic acids is 1. The van der Waals surface area contributed by atoms with E-state index in [1.165, 1.54) is 6.07 Å². The fraction of sp³-hybridized carbons (Fsp3) is 0.429. The maximum Gasteiger partial charge on any atom is 0.329 e. The van der Waals surface area contributed by atoms with Crippen molar-refractivity contribution < 1.29 is 24.2 Å². The number of hydrogen-bond acceptors (Lipinski definition) is 4. The lowest BCUT2D eigenvalue weighted by molar-refractivity contribution is -0.152. The van der Waals surface area contributed by atoms with E-state index in [0.717, 1.165) is 0 Å². The Morgan fingerprint density at radius 3 is 2.59 bits per heavy atom. The molecule has 8 heteroatoms. The molecule has 1 amide bonds. The van der Waals surface area contributed by atoms with E-state index in [1.54, 1.807) is 12.1 Å². The van der Waals surface area contributed by atoms with Gasteiger partial charge in [-0.05, 0) is 18.2 Å². The van der Waals surface area contributed by atoms with E-state index < -0.39 is 17.4 Å². The molecule has 1 heterocycles. The number of nitrogens with one attached hydrogen (secondary N) is 1. The lowest BCUT2D eigenvalue weighted by Crippen LogP contribution is -2.58. The summed E-state index contributed by atoms with van der Waals surface area (Å²) in [5.41, 5.74) is -1.30. The fourth-order valence-electron chi connectivity index (χ4n) is 2.15. The van der Waals surface area contributed by atoms with Crippen molar-refractivity contribution in [1.29, 1.82) is 0 Å². The van der Waals surface area contributed by atoms with Crippen LogP contribution < -0.4 is 10.1 Å². The summed E-state index contributed by atoms with van der Waals surface area (Å²) in [6.45, 7) is 0.240. The average molecular weight is 348 g/mol. The smallest absolute Gasteiger partial charge is 0.329 e. The third-order valence-corrected chi connectivity index (χ3v) is 3.92. The highest BCUT2D eigenvalue weighted by Crippen LogP contribution is 2.27. The number of carboxylic acid groups (broad SMARTS) is 1. The number of benzene rings is 1. The van der Waals surface area contributed by atoms with E-state index in [2.05, 4.69) is 5.32 Å². The van der Waals surface area contributed by atoms with Crippen molar-refractivity contribution in [3.8, 4) is 5.75 Å². The zero-order chi connectivity index (χ0) is 16.2. The largest absolute Gasteiger partial charge is 0.482 e. The summed E-state index contributed by atoms with van der Waals surface area (Å²) in [6, 6.07) is 4.62. The van der Waals surface area contributed by atoms with Crippen LogP contribution in [0.5, 0.6) is 5.75 Å². The highest BCUT2D eigenvalue weighted by Gasteiger charge is 2.41. The van der Waals surface area contributed by atoms with Gasteiger partial charge in [-0.2, -0.15) is 0 Å². The minimum absolute atomic E-state index is 0.218. The molecule has 0 radical (unpaired) electrons. The molecule has 0 bridgehead atoms. The second-order valence-corrected chi connectivity index (χ2v) is 5.75. The Balaban J connectivity index is 1.95. The highest BCUT2D eigenvalue weighted by atomic mass is 35.5. The summed E-state index contributed by atoms with van der Waals surface area (Å²) in [6.07, 6.45) is 0.436. The number of carbonyl (C=O) groups is 2. The van der Waals surface area contributed by atoms with Crippen molar-refractivity contribution in [3.63, 3.8) is 0 Å². The van der Waals surface area contributed by atoms with E-state index in [0.29, 0.717) is 10.8 Å². The summed E-state index contributed by atoms with van der Waals surface area (Å²) >= 11 is 11.7. The Labute approximate surface area is 137 Å². The SMILES string of the molecule is O=C(COc1ccc(Cl)cc1Cl)NC1(C(=O)O)CCOCC1. The normalized spacial score (nSPS) is 16.8. The van der Waals surface area contributed by atoms with Crippen LogP contribution in [0.1, 0.15) is 12.8 Å². The molecule has 1 aromatic rings. The molecule has 22 heavy (non-hydrogen) atoms. The van der Waals surface area contributed by atoms with Gasteiger partial charge in [0.25, 0.3) is 5.91 Å². The quantitative estimate of drug-likeness (QED) is 0.852. The molecule has 1 saturated heterocycles. The Morgan fingerprint density at radius 2 is 2.00 bits per heavy atom. The fourth-order valence-corrected chi connectivity index (χ4v) is 2.61. The number of amides is 1. The first-order valence-corrected chi connectivity index (χ1v) is 7.38. The van der Waals surface area contributed by atoms with Crippen molar-refractivity contribution in [2.45, 2.75) is 18.4 Å². The maximum absolute atomic E-state index is 12.0. The number of ether oxygens (including phenoxy) is 2. The van der Waals surface area contributed by atoms with Gasteiger partial charge in [0.1, 0.15) is 11.3 Å². The standard InChI is InChI=1S/C14H15Cl2NO5/c15-9-1-2-11(10(16)7-9)22-8-12(18)17-14(13(19)20)3-5-21-6-4-14/h1-2,7H,3-6,8H2,(H,17,18)(H,19,20). The Bertz CT molecular complexity index is 572. The topological polar surface area (TPSA) is 84.9 Å². The van der Waals surface area contributed by atoms with Gasteiger partial charge in [0.2, 0.25) is 0 Å². The molecule has 1 fully saturated rings. The van der Waals surface area contributed by atoms with Crippen molar-refractivity contribution >= 4 is 35.1 Å². The molecule has 2 rings (SSSR count). The van der Waals surface area contributed by atoms with Crippen molar-refractivity contribution in [1.82, 2.24) is 5.32 Å². The van der Waals surface area contributed by atoms with Gasteiger partial charge in [0.15, 0.2) is 6.61 Å². The van der Waals surface area contributed by atoms with Gasteiger partial charge in [-0.3, -0.25) is 4.79 Å². The zero-order valence-electron chi connectivity index (χ0n) is 11.6. The predicted molar refractivity (Wildman–Crippen MR) is 80.5 cm³/mol. The van der Waals surface area contributed by atoms with Crippen LogP contribution in [0.2, 0.25) is 10.0 Å². The molecule has 1 aliphatic heterocycles. The average Bonchev–Trinajstić information content (AvgIpc) is 2.47. The van der Waals surface area contributed by atoms with E-state index >= 15 is 0 Å². The van der Waals surface area contributed by atoms with Crippen LogP contribution in [0.4, 0.5) is 0 Å². The predicted octanol–water partition coefficient (Wildman–Crippen LogP) is 2.12. The Kier molecular flexibility index (Phi) is 5.50. The van der Waals surface area contributed by atoms with Gasteiger partial charge < -0.3 is 19.9 Å². The molecular formula is C14H15Cl2NO5. The van der Waals surface area contributed by atoms with E-state index in [4.69, 9.17) is 32.7 Å². The number of carboxylic acids is 1. The van der Waals surface area contributed by atoms with Crippen LogP contribution in [0.25, 0.3) is 0 Å². The number of halogens is 2. The Morgan fingerprint density at radius 1 is 1.32 bits per heavy atom. The molecular weight excluding hydrogens is 333 g/mol. The van der Waals surface area contributed by atoms with E-state index in [9.17, 15) is 14.7 Å². The first-order chi connectivity index (χ1) is 10.4. The molecule has 6 nitrogen and oxygen atoms in total. The second kappa shape index (κ2) is 7.17. The van der Waals surface area contributed by atoms with Crippen LogP contribution in [0.15, 0.2) is 18.2 Å². The van der Waals surface area contributed by atoms with E-state index in [-0.39, 0.29) is 37.7 Å². The van der Waals surface area contributed by atoms with Crippen molar-refractivity contribution in [3.05, 3.63) is 28.2 Å². The third-order valence-electron chi connectivity index (χ3n) is 3.39. The van der Waals surface area contributed by atoms with Crippen LogP contribution in [-0.4, -0.2) is 42.3 Å². The third kappa shape index (κ3) is 4.03. The molecule has 0 atom stereocenters. The number of carbonyl (C=O) groups excluding carboxylic acids is 1. The van der Waals surface area contributed by atoms with Crippen LogP contribution in [0.3, 0.4) is 0 Å². The monoisotopic (exact) mass is 347 g/mol. The first-order valence-electron chi connectivity index (χ1n) is 6.63. The van der Waals surface area contributed by atoms with Gasteiger partial charge in [0.05, 0.1) is 5.02 Å². The van der Waals surface area contributed by atoms with Crippen molar-refractivity contribution in [2.24, 2.45) is 0 Å². The first kappa shape index (κ1) is 16.9. The molecule has 0 unspecified atom stereocenters. The molecule has 1 aliphatic rings. The highest BCUT2D eigenvalue weighted by molar-refractivity contribution is 6.35. The van der Waals surface area contributed by atoms with Gasteiger partial charge in [-0.25, -0.2) is 4.79 Å². The lowest BCUT2D eigenvalue weighted by Gasteiger charge is -2.33. The molecule has 2 N–H and O–H groups in total. The minimum atomic E-state index is -1.30. The number of hydrogen-bond donors (Lipinski definition) is 2. The molecule has 0 saturated carbocycles.